The number of ether oxygens (including phenoxy) is 1. The van der Waals surface area contributed by atoms with Crippen LogP contribution in [0, 0.1) is 0 Å². The maximum atomic E-state index is 5.90. The van der Waals surface area contributed by atoms with Crippen molar-refractivity contribution in [3.8, 4) is 5.75 Å². The molecule has 0 aliphatic heterocycles. The van der Waals surface area contributed by atoms with E-state index >= 15 is 0 Å². The van der Waals surface area contributed by atoms with E-state index in [0.29, 0.717) is 28.2 Å². The summed E-state index contributed by atoms with van der Waals surface area (Å²) in [5.74, 6) is 1.21. The Kier molecular flexibility index (Phi) is 4.66. The fourth-order valence-corrected chi connectivity index (χ4v) is 1.37. The standard InChI is InChI=1S/C10H10Cl2OS/c1-7(6-14)5-13-10-3-2-8(11)4-9(10)12/h2-4,14H,1,5-6H2. The Bertz CT molecular complexity index is 339. The summed E-state index contributed by atoms with van der Waals surface area (Å²) >= 11 is 15.7. The topological polar surface area (TPSA) is 9.23 Å². The van der Waals surface area contributed by atoms with Crippen LogP contribution in [0.1, 0.15) is 0 Å². The second-order valence-corrected chi connectivity index (χ2v) is 3.93. The van der Waals surface area contributed by atoms with Crippen LogP contribution in [-0.2, 0) is 0 Å². The van der Waals surface area contributed by atoms with Crippen molar-refractivity contribution in [2.75, 3.05) is 12.4 Å². The minimum atomic E-state index is 0.421. The van der Waals surface area contributed by atoms with Crippen LogP contribution in [0.2, 0.25) is 10.0 Å². The van der Waals surface area contributed by atoms with Crippen LogP contribution in [0.3, 0.4) is 0 Å². The van der Waals surface area contributed by atoms with Gasteiger partial charge < -0.3 is 4.74 Å². The fourth-order valence-electron chi connectivity index (χ4n) is 0.818. The Morgan fingerprint density at radius 3 is 2.71 bits per heavy atom. The summed E-state index contributed by atoms with van der Waals surface area (Å²) in [6.07, 6.45) is 0. The molecule has 0 unspecified atom stereocenters. The van der Waals surface area contributed by atoms with Crippen LogP contribution < -0.4 is 4.74 Å². The molecular weight excluding hydrogens is 239 g/mol. The molecule has 0 radical (unpaired) electrons. The van der Waals surface area contributed by atoms with E-state index in [1.165, 1.54) is 0 Å². The van der Waals surface area contributed by atoms with E-state index in [2.05, 4.69) is 19.2 Å². The second-order valence-electron chi connectivity index (χ2n) is 2.77. The van der Waals surface area contributed by atoms with E-state index in [4.69, 9.17) is 27.9 Å². The zero-order valence-electron chi connectivity index (χ0n) is 7.46. The lowest BCUT2D eigenvalue weighted by molar-refractivity contribution is 0.353. The molecule has 1 aromatic carbocycles. The van der Waals surface area contributed by atoms with Crippen molar-refractivity contribution >= 4 is 35.8 Å². The third kappa shape index (κ3) is 3.45. The van der Waals surface area contributed by atoms with Crippen molar-refractivity contribution in [1.82, 2.24) is 0 Å². The minimum absolute atomic E-state index is 0.421. The van der Waals surface area contributed by atoms with Gasteiger partial charge in [0.2, 0.25) is 0 Å². The molecule has 4 heteroatoms. The van der Waals surface area contributed by atoms with Crippen LogP contribution >= 0.6 is 35.8 Å². The van der Waals surface area contributed by atoms with Gasteiger partial charge in [0.1, 0.15) is 12.4 Å². The lowest BCUT2D eigenvalue weighted by atomic mass is 10.3. The number of halogens is 2. The average molecular weight is 249 g/mol. The van der Waals surface area contributed by atoms with E-state index in [1.807, 2.05) is 0 Å². The molecule has 1 nitrogen and oxygen atoms in total. The Labute approximate surface area is 99.1 Å². The second kappa shape index (κ2) is 5.54. The van der Waals surface area contributed by atoms with E-state index in [-0.39, 0.29) is 0 Å². The molecule has 0 spiro atoms. The summed E-state index contributed by atoms with van der Waals surface area (Å²) in [6.45, 7) is 4.19. The molecule has 0 fully saturated rings. The first-order chi connectivity index (χ1) is 6.63. The predicted octanol–water partition coefficient (Wildman–Crippen LogP) is 3.86. The molecule has 0 saturated heterocycles. The van der Waals surface area contributed by atoms with Crippen molar-refractivity contribution in [3.05, 3.63) is 40.4 Å². The van der Waals surface area contributed by atoms with Crippen molar-refractivity contribution in [1.29, 1.82) is 0 Å². The quantitative estimate of drug-likeness (QED) is 0.629. The van der Waals surface area contributed by atoms with Gasteiger partial charge in [-0.15, -0.1) is 0 Å². The van der Waals surface area contributed by atoms with Crippen LogP contribution in [0.25, 0.3) is 0 Å². The number of benzene rings is 1. The minimum Gasteiger partial charge on any atom is -0.488 e. The summed E-state index contributed by atoms with van der Waals surface area (Å²) in [5, 5.41) is 1.10. The highest BCUT2D eigenvalue weighted by Gasteiger charge is 2.02. The number of hydrogen-bond acceptors (Lipinski definition) is 2. The number of thiol groups is 1. The predicted molar refractivity (Wildman–Crippen MR) is 65.0 cm³/mol. The summed E-state index contributed by atoms with van der Waals surface area (Å²) in [7, 11) is 0. The Morgan fingerprint density at radius 1 is 1.43 bits per heavy atom. The van der Waals surface area contributed by atoms with Gasteiger partial charge in [-0.25, -0.2) is 0 Å². The molecule has 0 N–H and O–H groups in total. The third-order valence-electron chi connectivity index (χ3n) is 1.55. The first-order valence-corrected chi connectivity index (χ1v) is 5.37. The van der Waals surface area contributed by atoms with Crippen molar-refractivity contribution in [3.63, 3.8) is 0 Å². The molecule has 0 aromatic heterocycles. The van der Waals surface area contributed by atoms with Crippen LogP contribution in [0.15, 0.2) is 30.4 Å². The smallest absolute Gasteiger partial charge is 0.138 e. The van der Waals surface area contributed by atoms with Crippen molar-refractivity contribution in [2.24, 2.45) is 0 Å². The molecule has 0 amide bonds. The third-order valence-corrected chi connectivity index (χ3v) is 2.53. The average Bonchev–Trinajstić information content (AvgIpc) is 2.16. The van der Waals surface area contributed by atoms with E-state index < -0.39 is 0 Å². The highest BCUT2D eigenvalue weighted by molar-refractivity contribution is 7.80. The largest absolute Gasteiger partial charge is 0.488 e. The summed E-state index contributed by atoms with van der Waals surface area (Å²) in [5.41, 5.74) is 0.902. The molecule has 0 aliphatic carbocycles. The molecule has 14 heavy (non-hydrogen) atoms. The molecule has 1 aromatic rings. The first-order valence-electron chi connectivity index (χ1n) is 3.99. The first kappa shape index (κ1) is 11.8. The van der Waals surface area contributed by atoms with Gasteiger partial charge in [-0.2, -0.15) is 12.6 Å². The normalized spacial score (nSPS) is 9.93. The highest BCUT2D eigenvalue weighted by Crippen LogP contribution is 2.27. The monoisotopic (exact) mass is 248 g/mol. The summed E-state index contributed by atoms with van der Waals surface area (Å²) in [4.78, 5) is 0. The molecule has 0 bridgehead atoms. The Balaban J connectivity index is 2.63. The Hall–Kier alpha value is -0.310. The van der Waals surface area contributed by atoms with Gasteiger partial charge in [0, 0.05) is 10.8 Å². The van der Waals surface area contributed by atoms with Gasteiger partial charge >= 0.3 is 0 Å². The highest BCUT2D eigenvalue weighted by atomic mass is 35.5. The van der Waals surface area contributed by atoms with Gasteiger partial charge in [-0.05, 0) is 23.8 Å². The maximum absolute atomic E-state index is 5.90. The molecule has 76 valence electrons. The summed E-state index contributed by atoms with van der Waals surface area (Å²) in [6, 6.07) is 5.10. The summed E-state index contributed by atoms with van der Waals surface area (Å²) < 4.78 is 5.41. The SMILES string of the molecule is C=C(CS)COc1ccc(Cl)cc1Cl. The fraction of sp³-hybridized carbons (Fsp3) is 0.200. The van der Waals surface area contributed by atoms with Crippen LogP contribution in [-0.4, -0.2) is 12.4 Å². The molecule has 0 saturated carbocycles. The zero-order chi connectivity index (χ0) is 10.6. The maximum Gasteiger partial charge on any atom is 0.138 e. The van der Waals surface area contributed by atoms with E-state index in [0.717, 1.165) is 5.57 Å². The van der Waals surface area contributed by atoms with E-state index in [1.54, 1.807) is 18.2 Å². The molecule has 0 atom stereocenters. The number of hydrogen-bond donors (Lipinski definition) is 1. The van der Waals surface area contributed by atoms with Gasteiger partial charge in [-0.1, -0.05) is 29.8 Å². The van der Waals surface area contributed by atoms with Crippen LogP contribution in [0.4, 0.5) is 0 Å². The van der Waals surface area contributed by atoms with Gasteiger partial charge in [-0.3, -0.25) is 0 Å². The molecular formula is C10H10Cl2OS. The Morgan fingerprint density at radius 2 is 2.14 bits per heavy atom. The van der Waals surface area contributed by atoms with E-state index in [9.17, 15) is 0 Å². The van der Waals surface area contributed by atoms with Gasteiger partial charge in [0.25, 0.3) is 0 Å². The molecule has 0 aliphatic rings. The van der Waals surface area contributed by atoms with Crippen molar-refractivity contribution in [2.45, 2.75) is 0 Å². The lowest BCUT2D eigenvalue weighted by Gasteiger charge is -2.08. The number of rotatable bonds is 4. The molecule has 1 rings (SSSR count). The lowest BCUT2D eigenvalue weighted by Crippen LogP contribution is -2.01. The van der Waals surface area contributed by atoms with Crippen LogP contribution in [0.5, 0.6) is 5.75 Å². The zero-order valence-corrected chi connectivity index (χ0v) is 9.87. The van der Waals surface area contributed by atoms with Crippen molar-refractivity contribution < 1.29 is 4.74 Å². The molecule has 0 heterocycles. The van der Waals surface area contributed by atoms with Gasteiger partial charge in [0.15, 0.2) is 0 Å². The van der Waals surface area contributed by atoms with Gasteiger partial charge in [0.05, 0.1) is 5.02 Å².